The van der Waals surface area contributed by atoms with E-state index in [1.165, 1.54) is 0 Å². The van der Waals surface area contributed by atoms with Crippen molar-refractivity contribution in [3.63, 3.8) is 0 Å². The predicted molar refractivity (Wildman–Crippen MR) is 69.4 cm³/mol. The quantitative estimate of drug-likeness (QED) is 0.697. The molecule has 0 fully saturated rings. The predicted octanol–water partition coefficient (Wildman–Crippen LogP) is 0.830. The number of halogens is 4. The summed E-state index contributed by atoms with van der Waals surface area (Å²) in [4.78, 5) is 0. The first kappa shape index (κ1) is 29.2. The highest BCUT2D eigenvalue weighted by Crippen LogP contribution is 1.84. The number of hydrogen-bond donors (Lipinski definition) is 3. The maximum absolute atomic E-state index is 5.37. The lowest BCUT2D eigenvalue weighted by atomic mass is 10.2. The van der Waals surface area contributed by atoms with Gasteiger partial charge in [0.25, 0.3) is 0 Å². The summed E-state index contributed by atoms with van der Waals surface area (Å²) in [5.74, 6) is 0. The van der Waals surface area contributed by atoms with Gasteiger partial charge < -0.3 is 16.4 Å². The van der Waals surface area contributed by atoms with E-state index in [9.17, 15) is 0 Å². The molecular weight excluding hydrogens is 256 g/mol. The highest BCUT2D eigenvalue weighted by molar-refractivity contribution is 5.86. The molecule has 0 aliphatic carbocycles. The second-order valence-electron chi connectivity index (χ2n) is 2.12. The largest absolute Gasteiger partial charge is 0.330 e. The van der Waals surface area contributed by atoms with Gasteiger partial charge in [0.2, 0.25) is 0 Å². The first-order valence-corrected chi connectivity index (χ1v) is 3.37. The minimum atomic E-state index is 0. The normalized spacial score (nSPS) is 9.46. The molecule has 0 aliphatic rings. The van der Waals surface area contributed by atoms with E-state index in [-0.39, 0.29) is 49.6 Å². The van der Waals surface area contributed by atoms with E-state index >= 15 is 0 Å². The van der Waals surface area contributed by atoms with Crippen LogP contribution in [-0.2, 0) is 0 Å². The molecule has 7 heteroatoms. The van der Waals surface area contributed by atoms with Gasteiger partial charge in [-0.3, -0.25) is 0 Å². The SMILES string of the molecule is CNCC(CCN)NC.Cl.Cl.Cl.Cl. The summed E-state index contributed by atoms with van der Waals surface area (Å²) < 4.78 is 0. The van der Waals surface area contributed by atoms with Gasteiger partial charge in [-0.05, 0) is 27.1 Å². The summed E-state index contributed by atoms with van der Waals surface area (Å²) in [6.07, 6.45) is 1.04. The van der Waals surface area contributed by atoms with Gasteiger partial charge in [0, 0.05) is 12.6 Å². The van der Waals surface area contributed by atoms with Crippen molar-refractivity contribution in [1.82, 2.24) is 10.6 Å². The maximum atomic E-state index is 5.37. The molecule has 1 unspecified atom stereocenters. The van der Waals surface area contributed by atoms with Crippen molar-refractivity contribution in [1.29, 1.82) is 0 Å². The Hall–Kier alpha value is 1.04. The molecular formula is C6H21Cl4N3. The Morgan fingerprint density at radius 3 is 1.77 bits per heavy atom. The lowest BCUT2D eigenvalue weighted by molar-refractivity contribution is 0.505. The summed E-state index contributed by atoms with van der Waals surface area (Å²) in [6, 6.07) is 0.528. The highest BCUT2D eigenvalue weighted by Gasteiger charge is 2.00. The molecule has 0 radical (unpaired) electrons. The Labute approximate surface area is 106 Å². The molecule has 0 rings (SSSR count). The van der Waals surface area contributed by atoms with Gasteiger partial charge in [0.05, 0.1) is 0 Å². The van der Waals surface area contributed by atoms with Crippen LogP contribution in [0.5, 0.6) is 0 Å². The summed E-state index contributed by atoms with van der Waals surface area (Å²) in [5.41, 5.74) is 5.37. The first-order valence-electron chi connectivity index (χ1n) is 3.37. The molecule has 0 aromatic heterocycles. The molecule has 0 aliphatic heterocycles. The van der Waals surface area contributed by atoms with Crippen molar-refractivity contribution in [3.05, 3.63) is 0 Å². The lowest BCUT2D eigenvalue weighted by Gasteiger charge is -2.13. The highest BCUT2D eigenvalue weighted by atomic mass is 35.5. The molecule has 4 N–H and O–H groups in total. The maximum Gasteiger partial charge on any atom is 0.0201 e. The zero-order valence-corrected chi connectivity index (χ0v) is 11.2. The first-order chi connectivity index (χ1) is 4.35. The molecule has 0 saturated carbocycles. The molecule has 0 amide bonds. The van der Waals surface area contributed by atoms with Crippen molar-refractivity contribution in [2.24, 2.45) is 5.73 Å². The van der Waals surface area contributed by atoms with Gasteiger partial charge >= 0.3 is 0 Å². The third-order valence-corrected chi connectivity index (χ3v) is 1.37. The van der Waals surface area contributed by atoms with Gasteiger partial charge in [-0.2, -0.15) is 0 Å². The lowest BCUT2D eigenvalue weighted by Crippen LogP contribution is -2.36. The Morgan fingerprint density at radius 2 is 1.54 bits per heavy atom. The van der Waals surface area contributed by atoms with E-state index in [0.29, 0.717) is 6.04 Å². The van der Waals surface area contributed by atoms with E-state index < -0.39 is 0 Å². The summed E-state index contributed by atoms with van der Waals surface area (Å²) >= 11 is 0. The zero-order chi connectivity index (χ0) is 7.11. The van der Waals surface area contributed by atoms with E-state index in [4.69, 9.17) is 5.73 Å². The Bertz CT molecular complexity index is 61.8. The molecule has 0 spiro atoms. The average Bonchev–Trinajstić information content (AvgIpc) is 1.88. The van der Waals surface area contributed by atoms with Gasteiger partial charge in [0.15, 0.2) is 0 Å². The molecule has 0 saturated heterocycles. The molecule has 0 heterocycles. The van der Waals surface area contributed by atoms with Crippen LogP contribution in [0.2, 0.25) is 0 Å². The van der Waals surface area contributed by atoms with Crippen molar-refractivity contribution >= 4 is 49.6 Å². The molecule has 0 aromatic rings. The summed E-state index contributed by atoms with van der Waals surface area (Å²) in [6.45, 7) is 1.75. The molecule has 3 nitrogen and oxygen atoms in total. The van der Waals surface area contributed by atoms with Crippen LogP contribution in [0.4, 0.5) is 0 Å². The second kappa shape index (κ2) is 23.1. The standard InChI is InChI=1S/C6H17N3.4ClH/c1-8-5-6(9-2)3-4-7;;;;/h6,8-9H,3-5,7H2,1-2H3;4*1H. The molecule has 1 atom stereocenters. The van der Waals surface area contributed by atoms with Crippen LogP contribution in [0.25, 0.3) is 0 Å². The Balaban J connectivity index is -0.0000000533. The van der Waals surface area contributed by atoms with Crippen LogP contribution in [0.1, 0.15) is 6.42 Å². The Morgan fingerprint density at radius 1 is 1.08 bits per heavy atom. The van der Waals surface area contributed by atoms with Gasteiger partial charge in [-0.1, -0.05) is 0 Å². The van der Waals surface area contributed by atoms with Gasteiger partial charge in [-0.15, -0.1) is 49.6 Å². The van der Waals surface area contributed by atoms with E-state index in [2.05, 4.69) is 10.6 Å². The molecule has 0 bridgehead atoms. The van der Waals surface area contributed by atoms with Crippen LogP contribution in [0, 0.1) is 0 Å². The van der Waals surface area contributed by atoms with Crippen molar-refractivity contribution in [2.75, 3.05) is 27.2 Å². The minimum absolute atomic E-state index is 0. The van der Waals surface area contributed by atoms with Crippen LogP contribution in [0.15, 0.2) is 0 Å². The van der Waals surface area contributed by atoms with Crippen LogP contribution >= 0.6 is 49.6 Å². The number of rotatable bonds is 5. The number of nitrogens with one attached hydrogen (secondary N) is 2. The van der Waals surface area contributed by atoms with Gasteiger partial charge in [-0.25, -0.2) is 0 Å². The van der Waals surface area contributed by atoms with Crippen molar-refractivity contribution in [3.8, 4) is 0 Å². The third-order valence-electron chi connectivity index (χ3n) is 1.37. The molecule has 0 aromatic carbocycles. The van der Waals surface area contributed by atoms with Crippen molar-refractivity contribution in [2.45, 2.75) is 12.5 Å². The topological polar surface area (TPSA) is 50.1 Å². The Kier molecular flexibility index (Phi) is 52.0. The zero-order valence-electron chi connectivity index (χ0n) is 7.91. The van der Waals surface area contributed by atoms with E-state index in [1.807, 2.05) is 14.1 Å². The fourth-order valence-electron chi connectivity index (χ4n) is 0.796. The molecule has 88 valence electrons. The fraction of sp³-hybridized carbons (Fsp3) is 1.00. The van der Waals surface area contributed by atoms with Crippen LogP contribution < -0.4 is 16.4 Å². The van der Waals surface area contributed by atoms with Gasteiger partial charge in [0.1, 0.15) is 0 Å². The fourth-order valence-corrected chi connectivity index (χ4v) is 0.796. The third kappa shape index (κ3) is 19.4. The number of likely N-dealkylation sites (N-methyl/N-ethyl adjacent to an activating group) is 2. The number of hydrogen-bond acceptors (Lipinski definition) is 3. The monoisotopic (exact) mass is 275 g/mol. The molecule has 13 heavy (non-hydrogen) atoms. The van der Waals surface area contributed by atoms with E-state index in [1.54, 1.807) is 0 Å². The van der Waals surface area contributed by atoms with Crippen molar-refractivity contribution < 1.29 is 0 Å². The summed E-state index contributed by atoms with van der Waals surface area (Å²) in [7, 11) is 3.90. The second-order valence-corrected chi connectivity index (χ2v) is 2.12. The average molecular weight is 277 g/mol. The minimum Gasteiger partial charge on any atom is -0.330 e. The smallest absolute Gasteiger partial charge is 0.0201 e. The number of nitrogens with two attached hydrogens (primary N) is 1. The van der Waals surface area contributed by atoms with E-state index in [0.717, 1.165) is 19.5 Å². The van der Waals surface area contributed by atoms with Crippen LogP contribution in [0.3, 0.4) is 0 Å². The summed E-state index contributed by atoms with van der Waals surface area (Å²) in [5, 5.41) is 6.25. The van der Waals surface area contributed by atoms with Crippen LogP contribution in [-0.4, -0.2) is 33.2 Å².